The smallest absolute Gasteiger partial charge is 0.298 e. The Morgan fingerprint density at radius 1 is 1.57 bits per heavy atom. The van der Waals surface area contributed by atoms with Crippen LogP contribution in [0, 0.1) is 16.0 Å². The van der Waals surface area contributed by atoms with Crippen LogP contribution in [0.4, 0.5) is 11.7 Å². The predicted molar refractivity (Wildman–Crippen MR) is 79.2 cm³/mol. The Labute approximate surface area is 121 Å². The van der Waals surface area contributed by atoms with Crippen molar-refractivity contribution in [3.8, 4) is 0 Å². The Kier molecular flexibility index (Phi) is 3.50. The van der Waals surface area contributed by atoms with E-state index < -0.39 is 4.92 Å². The molecule has 0 saturated carbocycles. The van der Waals surface area contributed by atoms with Crippen molar-refractivity contribution in [2.45, 2.75) is 25.8 Å². The van der Waals surface area contributed by atoms with E-state index in [4.69, 9.17) is 10.2 Å². The van der Waals surface area contributed by atoms with Gasteiger partial charge in [-0.1, -0.05) is 13.0 Å². The van der Waals surface area contributed by atoms with Crippen LogP contribution in [0.3, 0.4) is 0 Å². The van der Waals surface area contributed by atoms with Crippen LogP contribution in [0.2, 0.25) is 0 Å². The molecule has 2 aromatic rings. The van der Waals surface area contributed by atoms with Gasteiger partial charge in [-0.3, -0.25) is 10.1 Å². The Morgan fingerprint density at radius 2 is 2.38 bits per heavy atom. The van der Waals surface area contributed by atoms with E-state index in [0.29, 0.717) is 29.6 Å². The first-order valence-corrected chi connectivity index (χ1v) is 7.12. The molecular formula is C14H18N4O3. The molecular weight excluding hydrogens is 272 g/mol. The van der Waals surface area contributed by atoms with Gasteiger partial charge in [0.15, 0.2) is 11.1 Å². The number of nitrogens with two attached hydrogens (primary N) is 1. The van der Waals surface area contributed by atoms with E-state index in [1.165, 1.54) is 6.07 Å². The van der Waals surface area contributed by atoms with E-state index in [1.807, 2.05) is 4.90 Å². The van der Waals surface area contributed by atoms with Crippen LogP contribution in [0.25, 0.3) is 11.1 Å². The van der Waals surface area contributed by atoms with Gasteiger partial charge in [-0.05, 0) is 24.8 Å². The third kappa shape index (κ3) is 2.33. The number of nitro benzene ring substituents is 1. The van der Waals surface area contributed by atoms with Crippen molar-refractivity contribution >= 4 is 22.8 Å². The maximum atomic E-state index is 11.1. The number of hydrogen-bond acceptors (Lipinski definition) is 6. The molecule has 1 aliphatic heterocycles. The average Bonchev–Trinajstić information content (AvgIpc) is 2.90. The standard InChI is InChI=1S/C14H18N4O3/c1-9-4-3-7-17(11(9)8-15)14-16-13-10(18(19)20)5-2-6-12(13)21-14/h2,5-6,9,11H,3-4,7-8,15H2,1H3. The van der Waals surface area contributed by atoms with Crippen LogP contribution < -0.4 is 10.6 Å². The molecule has 2 N–H and O–H groups in total. The molecule has 0 amide bonds. The van der Waals surface area contributed by atoms with Crippen molar-refractivity contribution in [2.75, 3.05) is 18.0 Å². The highest BCUT2D eigenvalue weighted by atomic mass is 16.6. The number of rotatable bonds is 3. The van der Waals surface area contributed by atoms with Gasteiger partial charge in [-0.2, -0.15) is 4.98 Å². The molecule has 0 spiro atoms. The summed E-state index contributed by atoms with van der Waals surface area (Å²) in [5.41, 5.74) is 6.58. The van der Waals surface area contributed by atoms with Crippen LogP contribution in [0.1, 0.15) is 19.8 Å². The third-order valence-corrected chi connectivity index (χ3v) is 4.19. The zero-order chi connectivity index (χ0) is 15.0. The topological polar surface area (TPSA) is 98.4 Å². The molecule has 2 atom stereocenters. The highest BCUT2D eigenvalue weighted by Crippen LogP contribution is 2.33. The lowest BCUT2D eigenvalue weighted by Crippen LogP contribution is -2.48. The first kappa shape index (κ1) is 13.8. The van der Waals surface area contributed by atoms with Crippen LogP contribution in [0.5, 0.6) is 0 Å². The van der Waals surface area contributed by atoms with Gasteiger partial charge in [-0.15, -0.1) is 0 Å². The molecule has 2 unspecified atom stereocenters. The molecule has 1 aliphatic rings. The molecule has 21 heavy (non-hydrogen) atoms. The molecule has 2 heterocycles. The molecule has 7 nitrogen and oxygen atoms in total. The number of hydrogen-bond donors (Lipinski definition) is 1. The monoisotopic (exact) mass is 290 g/mol. The quantitative estimate of drug-likeness (QED) is 0.688. The third-order valence-electron chi connectivity index (χ3n) is 4.19. The van der Waals surface area contributed by atoms with Gasteiger partial charge in [0.1, 0.15) is 0 Å². The number of para-hydroxylation sites is 1. The maximum absolute atomic E-state index is 11.1. The lowest BCUT2D eigenvalue weighted by Gasteiger charge is -2.38. The summed E-state index contributed by atoms with van der Waals surface area (Å²) < 4.78 is 5.73. The molecule has 0 radical (unpaired) electrons. The summed E-state index contributed by atoms with van der Waals surface area (Å²) in [5.74, 6) is 0.453. The molecule has 0 aliphatic carbocycles. The van der Waals surface area contributed by atoms with Crippen molar-refractivity contribution in [1.29, 1.82) is 0 Å². The Morgan fingerprint density at radius 3 is 3.10 bits per heavy atom. The van der Waals surface area contributed by atoms with E-state index in [9.17, 15) is 10.1 Å². The summed E-state index contributed by atoms with van der Waals surface area (Å²) in [7, 11) is 0. The normalized spacial score (nSPS) is 22.7. The lowest BCUT2D eigenvalue weighted by molar-refractivity contribution is -0.383. The van der Waals surface area contributed by atoms with Gasteiger partial charge in [-0.25, -0.2) is 0 Å². The van der Waals surface area contributed by atoms with E-state index in [-0.39, 0.29) is 11.7 Å². The minimum Gasteiger partial charge on any atom is -0.423 e. The number of aromatic nitrogens is 1. The second-order valence-corrected chi connectivity index (χ2v) is 5.49. The van der Waals surface area contributed by atoms with Gasteiger partial charge < -0.3 is 15.1 Å². The summed E-state index contributed by atoms with van der Waals surface area (Å²) in [5, 5.41) is 11.1. The highest BCUT2D eigenvalue weighted by Gasteiger charge is 2.31. The van der Waals surface area contributed by atoms with Crippen molar-refractivity contribution in [2.24, 2.45) is 11.7 Å². The van der Waals surface area contributed by atoms with E-state index in [0.717, 1.165) is 19.4 Å². The molecule has 1 aromatic carbocycles. The number of nitrogens with zero attached hydrogens (tertiary/aromatic N) is 3. The Bertz CT molecular complexity index is 669. The Balaban J connectivity index is 2.04. The summed E-state index contributed by atoms with van der Waals surface area (Å²) in [4.78, 5) is 17.0. The van der Waals surface area contributed by atoms with Crippen molar-refractivity contribution in [1.82, 2.24) is 4.98 Å². The van der Waals surface area contributed by atoms with Crippen LogP contribution in [-0.4, -0.2) is 29.0 Å². The fourth-order valence-electron chi connectivity index (χ4n) is 3.04. The number of oxazole rings is 1. The largest absolute Gasteiger partial charge is 0.423 e. The number of nitro groups is 1. The Hall–Kier alpha value is -2.15. The van der Waals surface area contributed by atoms with Gasteiger partial charge in [0.05, 0.1) is 4.92 Å². The molecule has 112 valence electrons. The van der Waals surface area contributed by atoms with Gasteiger partial charge in [0, 0.05) is 25.2 Å². The zero-order valence-electron chi connectivity index (χ0n) is 11.9. The van der Waals surface area contributed by atoms with Crippen molar-refractivity contribution in [3.63, 3.8) is 0 Å². The second kappa shape index (κ2) is 5.33. The second-order valence-electron chi connectivity index (χ2n) is 5.49. The van der Waals surface area contributed by atoms with Gasteiger partial charge in [0.2, 0.25) is 0 Å². The number of non-ortho nitro benzene ring substituents is 1. The summed E-state index contributed by atoms with van der Waals surface area (Å²) >= 11 is 0. The fourth-order valence-corrected chi connectivity index (χ4v) is 3.04. The van der Waals surface area contributed by atoms with Crippen LogP contribution in [-0.2, 0) is 0 Å². The first-order chi connectivity index (χ1) is 10.1. The van der Waals surface area contributed by atoms with Crippen LogP contribution in [0.15, 0.2) is 22.6 Å². The number of piperidine rings is 1. The summed E-state index contributed by atoms with van der Waals surface area (Å²) in [6, 6.07) is 5.33. The molecule has 0 bridgehead atoms. The van der Waals surface area contributed by atoms with Gasteiger partial charge >= 0.3 is 0 Å². The zero-order valence-corrected chi connectivity index (χ0v) is 11.9. The van der Waals surface area contributed by atoms with Gasteiger partial charge in [0.25, 0.3) is 11.7 Å². The SMILES string of the molecule is CC1CCCN(c2nc3c([N+](=O)[O-])cccc3o2)C1CN. The number of fused-ring (bicyclic) bond motifs is 1. The average molecular weight is 290 g/mol. The minimum atomic E-state index is -0.437. The highest BCUT2D eigenvalue weighted by molar-refractivity contribution is 5.84. The molecule has 1 fully saturated rings. The molecule has 3 rings (SSSR count). The van der Waals surface area contributed by atoms with E-state index in [2.05, 4.69) is 11.9 Å². The van der Waals surface area contributed by atoms with Crippen molar-refractivity contribution < 1.29 is 9.34 Å². The predicted octanol–water partition coefficient (Wildman–Crippen LogP) is 2.30. The molecule has 7 heteroatoms. The van der Waals surface area contributed by atoms with E-state index >= 15 is 0 Å². The summed E-state index contributed by atoms with van der Waals surface area (Å²) in [6.45, 7) is 3.49. The van der Waals surface area contributed by atoms with Crippen molar-refractivity contribution in [3.05, 3.63) is 28.3 Å². The fraction of sp³-hybridized carbons (Fsp3) is 0.500. The molecule has 1 aromatic heterocycles. The lowest BCUT2D eigenvalue weighted by atomic mass is 9.91. The minimum absolute atomic E-state index is 0.0307. The number of benzene rings is 1. The first-order valence-electron chi connectivity index (χ1n) is 7.12. The number of anilines is 1. The summed E-state index contributed by atoms with van der Waals surface area (Å²) in [6.07, 6.45) is 2.16. The van der Waals surface area contributed by atoms with E-state index in [1.54, 1.807) is 12.1 Å². The maximum Gasteiger partial charge on any atom is 0.298 e. The molecule has 1 saturated heterocycles. The van der Waals surface area contributed by atoms with Crippen LogP contribution >= 0.6 is 0 Å².